The second kappa shape index (κ2) is 10.9. The SMILES string of the molecule is C=CCOc1c(OCC)cc(C=Nn2c(-c3cc4cc(Br)ccc4o3)nc3ccccc3c2=O)cc1[N+](=O)[O-]. The van der Waals surface area contributed by atoms with Crippen molar-refractivity contribution in [2.24, 2.45) is 5.10 Å². The number of aromatic nitrogens is 2. The van der Waals surface area contributed by atoms with Crippen molar-refractivity contribution in [1.82, 2.24) is 9.66 Å². The van der Waals surface area contributed by atoms with Gasteiger partial charge in [-0.2, -0.15) is 9.78 Å². The van der Waals surface area contributed by atoms with E-state index < -0.39 is 10.5 Å². The Morgan fingerprint density at radius 1 is 1.18 bits per heavy atom. The fourth-order valence-electron chi connectivity index (χ4n) is 4.01. The lowest BCUT2D eigenvalue weighted by Crippen LogP contribution is -2.20. The fraction of sp³-hybridized carbons (Fsp3) is 0.107. The van der Waals surface area contributed by atoms with Crippen LogP contribution in [0.5, 0.6) is 11.5 Å². The molecule has 0 aliphatic heterocycles. The molecule has 0 atom stereocenters. The van der Waals surface area contributed by atoms with Crippen molar-refractivity contribution in [1.29, 1.82) is 0 Å². The summed E-state index contributed by atoms with van der Waals surface area (Å²) in [4.78, 5) is 29.5. The Morgan fingerprint density at radius 2 is 2.00 bits per heavy atom. The van der Waals surface area contributed by atoms with E-state index in [0.717, 1.165) is 14.5 Å². The van der Waals surface area contributed by atoms with E-state index in [1.807, 2.05) is 12.1 Å². The van der Waals surface area contributed by atoms with Crippen molar-refractivity contribution in [2.45, 2.75) is 6.92 Å². The minimum Gasteiger partial charge on any atom is -0.490 e. The molecule has 0 bridgehead atoms. The monoisotopic (exact) mass is 588 g/mol. The van der Waals surface area contributed by atoms with Gasteiger partial charge in [0.1, 0.15) is 12.2 Å². The molecule has 5 rings (SSSR count). The van der Waals surface area contributed by atoms with Gasteiger partial charge in [0, 0.05) is 21.5 Å². The highest BCUT2D eigenvalue weighted by molar-refractivity contribution is 9.10. The summed E-state index contributed by atoms with van der Waals surface area (Å²) in [7, 11) is 0. The van der Waals surface area contributed by atoms with Crippen LogP contribution in [0, 0.1) is 10.1 Å². The highest BCUT2D eigenvalue weighted by Gasteiger charge is 2.23. The number of hydrogen-bond acceptors (Lipinski definition) is 8. The molecule has 2 heterocycles. The molecule has 0 aliphatic rings. The molecule has 0 saturated heterocycles. The van der Waals surface area contributed by atoms with Crippen molar-refractivity contribution in [3.63, 3.8) is 0 Å². The van der Waals surface area contributed by atoms with Crippen LogP contribution in [0.2, 0.25) is 0 Å². The highest BCUT2D eigenvalue weighted by Crippen LogP contribution is 2.38. The van der Waals surface area contributed by atoms with E-state index in [1.165, 1.54) is 18.4 Å². The molecule has 10 nitrogen and oxygen atoms in total. The van der Waals surface area contributed by atoms with Gasteiger partial charge in [-0.3, -0.25) is 14.9 Å². The molecule has 0 amide bonds. The molecule has 0 fully saturated rings. The molecule has 0 radical (unpaired) electrons. The maximum Gasteiger partial charge on any atom is 0.315 e. The summed E-state index contributed by atoms with van der Waals surface area (Å²) >= 11 is 3.45. The lowest BCUT2D eigenvalue weighted by molar-refractivity contribution is -0.385. The third kappa shape index (κ3) is 5.16. The van der Waals surface area contributed by atoms with Crippen molar-refractivity contribution in [3.05, 3.63) is 104 Å². The molecule has 39 heavy (non-hydrogen) atoms. The van der Waals surface area contributed by atoms with Crippen LogP contribution in [0.15, 0.2) is 92.1 Å². The Labute approximate surface area is 230 Å². The summed E-state index contributed by atoms with van der Waals surface area (Å²) in [5.74, 6) is 0.657. The Balaban J connectivity index is 1.68. The van der Waals surface area contributed by atoms with Crippen LogP contribution in [0.3, 0.4) is 0 Å². The molecule has 0 unspecified atom stereocenters. The number of ether oxygens (including phenoxy) is 2. The number of nitro groups is 1. The third-order valence-electron chi connectivity index (χ3n) is 5.67. The summed E-state index contributed by atoms with van der Waals surface area (Å²) in [6.07, 6.45) is 2.81. The summed E-state index contributed by atoms with van der Waals surface area (Å²) in [6.45, 7) is 5.65. The van der Waals surface area contributed by atoms with Gasteiger partial charge in [-0.25, -0.2) is 4.98 Å². The molecule has 3 aromatic carbocycles. The van der Waals surface area contributed by atoms with Gasteiger partial charge in [-0.05, 0) is 49.4 Å². The molecule has 5 aromatic rings. The average Bonchev–Trinajstić information content (AvgIpc) is 3.34. The first-order chi connectivity index (χ1) is 18.9. The first kappa shape index (κ1) is 25.9. The standard InChI is InChI=1S/C28H21BrN4O6/c1-3-11-38-26-22(33(35)36)12-17(13-24(26)37-4-2)16-30-32-27(31-21-8-6-5-7-20(21)28(32)34)25-15-18-14-19(29)9-10-23(18)39-25/h3,5-10,12-16H,1,4,11H2,2H3. The molecule has 11 heteroatoms. The fourth-order valence-corrected chi connectivity index (χ4v) is 4.39. The number of halogens is 1. The van der Waals surface area contributed by atoms with Crippen LogP contribution in [-0.2, 0) is 0 Å². The number of furan rings is 1. The van der Waals surface area contributed by atoms with E-state index in [2.05, 4.69) is 32.6 Å². The zero-order chi connectivity index (χ0) is 27.5. The number of nitrogens with zero attached hydrogens (tertiary/aromatic N) is 4. The van der Waals surface area contributed by atoms with Crippen LogP contribution in [0.4, 0.5) is 5.69 Å². The lowest BCUT2D eigenvalue weighted by Gasteiger charge is -2.12. The van der Waals surface area contributed by atoms with E-state index in [9.17, 15) is 14.9 Å². The van der Waals surface area contributed by atoms with Crippen LogP contribution in [0.25, 0.3) is 33.5 Å². The topological polar surface area (TPSA) is 122 Å². The minimum atomic E-state index is -0.569. The molecule has 0 spiro atoms. The van der Waals surface area contributed by atoms with E-state index in [4.69, 9.17) is 13.9 Å². The van der Waals surface area contributed by atoms with Gasteiger partial charge in [0.05, 0.1) is 28.6 Å². The normalized spacial score (nSPS) is 11.3. The van der Waals surface area contributed by atoms with Gasteiger partial charge in [0.25, 0.3) is 5.56 Å². The van der Waals surface area contributed by atoms with Crippen molar-refractivity contribution >= 4 is 49.7 Å². The first-order valence-electron chi connectivity index (χ1n) is 11.8. The van der Waals surface area contributed by atoms with Crippen molar-refractivity contribution < 1.29 is 18.8 Å². The minimum absolute atomic E-state index is 0.0161. The third-order valence-corrected chi connectivity index (χ3v) is 6.17. The van der Waals surface area contributed by atoms with Gasteiger partial charge in [-0.15, -0.1) is 0 Å². The molecular weight excluding hydrogens is 568 g/mol. The number of rotatable bonds is 9. The number of benzene rings is 3. The average molecular weight is 589 g/mol. The molecule has 0 aliphatic carbocycles. The first-order valence-corrected chi connectivity index (χ1v) is 12.6. The predicted molar refractivity (Wildman–Crippen MR) is 152 cm³/mol. The number of fused-ring (bicyclic) bond motifs is 2. The molecular formula is C28H21BrN4O6. The predicted octanol–water partition coefficient (Wildman–Crippen LogP) is 6.33. The van der Waals surface area contributed by atoms with Crippen LogP contribution in [-0.4, -0.2) is 34.0 Å². The van der Waals surface area contributed by atoms with Gasteiger partial charge in [0.15, 0.2) is 11.5 Å². The summed E-state index contributed by atoms with van der Waals surface area (Å²) < 4.78 is 19.1. The molecule has 0 N–H and O–H groups in total. The van der Waals surface area contributed by atoms with E-state index in [-0.39, 0.29) is 36.2 Å². The van der Waals surface area contributed by atoms with Gasteiger partial charge >= 0.3 is 5.69 Å². The van der Waals surface area contributed by atoms with Crippen molar-refractivity contribution in [3.8, 4) is 23.1 Å². The Kier molecular flexibility index (Phi) is 7.24. The smallest absolute Gasteiger partial charge is 0.315 e. The second-order valence-corrected chi connectivity index (χ2v) is 9.18. The maximum absolute atomic E-state index is 13.5. The molecule has 196 valence electrons. The molecule has 0 saturated carbocycles. The number of nitro benzene ring substituents is 1. The van der Waals surface area contributed by atoms with E-state index >= 15 is 0 Å². The van der Waals surface area contributed by atoms with Crippen LogP contribution in [0.1, 0.15) is 12.5 Å². The van der Waals surface area contributed by atoms with Crippen LogP contribution < -0.4 is 15.0 Å². The Hall–Kier alpha value is -4.77. The summed E-state index contributed by atoms with van der Waals surface area (Å²) in [6, 6.07) is 17.1. The zero-order valence-electron chi connectivity index (χ0n) is 20.7. The number of para-hydroxylation sites is 1. The number of hydrogen-bond donors (Lipinski definition) is 0. The molecule has 2 aromatic heterocycles. The largest absolute Gasteiger partial charge is 0.490 e. The second-order valence-electron chi connectivity index (χ2n) is 8.26. The van der Waals surface area contributed by atoms with Gasteiger partial charge in [0.2, 0.25) is 11.6 Å². The maximum atomic E-state index is 13.5. The highest BCUT2D eigenvalue weighted by atomic mass is 79.9. The summed E-state index contributed by atoms with van der Waals surface area (Å²) in [5, 5.41) is 17.4. The van der Waals surface area contributed by atoms with Gasteiger partial charge < -0.3 is 13.9 Å². The van der Waals surface area contributed by atoms with E-state index in [1.54, 1.807) is 49.4 Å². The lowest BCUT2D eigenvalue weighted by atomic mass is 10.2. The van der Waals surface area contributed by atoms with Gasteiger partial charge in [-0.1, -0.05) is 40.7 Å². The summed E-state index contributed by atoms with van der Waals surface area (Å²) in [5.41, 5.74) is 0.660. The zero-order valence-corrected chi connectivity index (χ0v) is 22.3. The Morgan fingerprint density at radius 3 is 2.77 bits per heavy atom. The quantitative estimate of drug-likeness (QED) is 0.0853. The Bertz CT molecular complexity index is 1830. The van der Waals surface area contributed by atoms with E-state index in [0.29, 0.717) is 27.8 Å². The van der Waals surface area contributed by atoms with Crippen LogP contribution >= 0.6 is 15.9 Å². The van der Waals surface area contributed by atoms with Crippen molar-refractivity contribution in [2.75, 3.05) is 13.2 Å².